The SMILES string of the molecule is CC(OC(=O)c1cc(Cl)c(Cl)n1C)C(=O)Nc1ccc(N2CCCC2)cc1. The van der Waals surface area contributed by atoms with Gasteiger partial charge in [-0.2, -0.15) is 0 Å². The van der Waals surface area contributed by atoms with Gasteiger partial charge in [-0.25, -0.2) is 4.79 Å². The number of esters is 1. The number of hydrogen-bond donors (Lipinski definition) is 1. The van der Waals surface area contributed by atoms with Crippen LogP contribution in [0.15, 0.2) is 30.3 Å². The lowest BCUT2D eigenvalue weighted by atomic mass is 10.2. The number of benzene rings is 1. The Bertz CT molecular complexity index is 843. The Morgan fingerprint density at radius 1 is 1.15 bits per heavy atom. The van der Waals surface area contributed by atoms with E-state index in [2.05, 4.69) is 10.2 Å². The van der Waals surface area contributed by atoms with Crippen molar-refractivity contribution in [2.24, 2.45) is 7.05 Å². The quantitative estimate of drug-likeness (QED) is 0.754. The van der Waals surface area contributed by atoms with Gasteiger partial charge in [0.05, 0.1) is 5.02 Å². The Morgan fingerprint density at radius 3 is 2.33 bits per heavy atom. The Labute approximate surface area is 168 Å². The molecule has 0 bridgehead atoms. The first-order valence-electron chi connectivity index (χ1n) is 8.74. The van der Waals surface area contributed by atoms with Crippen LogP contribution in [-0.2, 0) is 16.6 Å². The van der Waals surface area contributed by atoms with Crippen LogP contribution in [0.25, 0.3) is 0 Å². The number of aromatic nitrogens is 1. The minimum Gasteiger partial charge on any atom is -0.448 e. The van der Waals surface area contributed by atoms with Gasteiger partial charge in [0.1, 0.15) is 10.8 Å². The fourth-order valence-corrected chi connectivity index (χ4v) is 3.36. The average molecular weight is 410 g/mol. The molecule has 1 aliphatic heterocycles. The average Bonchev–Trinajstić information content (AvgIpc) is 3.27. The van der Waals surface area contributed by atoms with Gasteiger partial charge in [-0.1, -0.05) is 23.2 Å². The van der Waals surface area contributed by atoms with E-state index in [0.29, 0.717) is 5.69 Å². The van der Waals surface area contributed by atoms with Crippen LogP contribution >= 0.6 is 23.2 Å². The Kier molecular flexibility index (Phi) is 5.97. The van der Waals surface area contributed by atoms with Crippen molar-refractivity contribution >= 4 is 46.5 Å². The number of halogens is 2. The summed E-state index contributed by atoms with van der Waals surface area (Å²) < 4.78 is 6.64. The summed E-state index contributed by atoms with van der Waals surface area (Å²) in [7, 11) is 1.59. The van der Waals surface area contributed by atoms with Crippen LogP contribution in [0.5, 0.6) is 0 Å². The second-order valence-corrected chi connectivity index (χ2v) is 7.27. The molecular formula is C19H21Cl2N3O3. The summed E-state index contributed by atoms with van der Waals surface area (Å²) in [6.07, 6.45) is 1.45. The summed E-state index contributed by atoms with van der Waals surface area (Å²) in [5, 5.41) is 3.24. The molecule has 144 valence electrons. The zero-order chi connectivity index (χ0) is 19.6. The van der Waals surface area contributed by atoms with Crippen molar-refractivity contribution in [3.8, 4) is 0 Å². The third kappa shape index (κ3) is 4.39. The highest BCUT2D eigenvalue weighted by Gasteiger charge is 2.23. The van der Waals surface area contributed by atoms with Crippen molar-refractivity contribution in [2.45, 2.75) is 25.9 Å². The molecule has 8 heteroatoms. The summed E-state index contributed by atoms with van der Waals surface area (Å²) in [4.78, 5) is 26.9. The number of rotatable bonds is 5. The van der Waals surface area contributed by atoms with Crippen molar-refractivity contribution in [1.82, 2.24) is 4.57 Å². The molecule has 1 aromatic heterocycles. The molecule has 0 aliphatic carbocycles. The van der Waals surface area contributed by atoms with Crippen LogP contribution in [0, 0.1) is 0 Å². The number of nitrogens with zero attached hydrogens (tertiary/aromatic N) is 2. The van der Waals surface area contributed by atoms with E-state index in [9.17, 15) is 9.59 Å². The molecule has 0 saturated carbocycles. The number of carbonyl (C=O) groups excluding carboxylic acids is 2. The van der Waals surface area contributed by atoms with Crippen LogP contribution in [0.4, 0.5) is 11.4 Å². The first-order valence-corrected chi connectivity index (χ1v) is 9.50. The van der Waals surface area contributed by atoms with E-state index in [-0.39, 0.29) is 15.9 Å². The summed E-state index contributed by atoms with van der Waals surface area (Å²) in [6, 6.07) is 9.05. The summed E-state index contributed by atoms with van der Waals surface area (Å²) >= 11 is 11.9. The third-order valence-electron chi connectivity index (χ3n) is 4.58. The highest BCUT2D eigenvalue weighted by molar-refractivity contribution is 6.41. The molecule has 2 heterocycles. The molecule has 1 amide bonds. The van der Waals surface area contributed by atoms with Crippen molar-refractivity contribution in [3.05, 3.63) is 46.2 Å². The van der Waals surface area contributed by atoms with Crippen LogP contribution < -0.4 is 10.2 Å². The maximum absolute atomic E-state index is 12.3. The molecular weight excluding hydrogens is 389 g/mol. The molecule has 1 N–H and O–H groups in total. The highest BCUT2D eigenvalue weighted by Crippen LogP contribution is 2.26. The molecule has 1 fully saturated rings. The van der Waals surface area contributed by atoms with Gasteiger partial charge in [-0.3, -0.25) is 4.79 Å². The van der Waals surface area contributed by atoms with Crippen LogP contribution in [0.3, 0.4) is 0 Å². The van der Waals surface area contributed by atoms with Crippen LogP contribution in [0.1, 0.15) is 30.3 Å². The Morgan fingerprint density at radius 2 is 1.78 bits per heavy atom. The lowest BCUT2D eigenvalue weighted by molar-refractivity contribution is -0.123. The Balaban J connectivity index is 1.58. The van der Waals surface area contributed by atoms with Crippen molar-refractivity contribution in [1.29, 1.82) is 0 Å². The molecule has 6 nitrogen and oxygen atoms in total. The third-order valence-corrected chi connectivity index (χ3v) is 5.43. The van der Waals surface area contributed by atoms with Crippen molar-refractivity contribution < 1.29 is 14.3 Å². The maximum atomic E-state index is 12.3. The van der Waals surface area contributed by atoms with E-state index in [0.717, 1.165) is 18.8 Å². The molecule has 1 atom stereocenters. The second kappa shape index (κ2) is 8.23. The second-order valence-electron chi connectivity index (χ2n) is 6.51. The number of amides is 1. The largest absolute Gasteiger partial charge is 0.448 e. The molecule has 0 radical (unpaired) electrons. The van der Waals surface area contributed by atoms with E-state index in [1.807, 2.05) is 24.3 Å². The van der Waals surface area contributed by atoms with Crippen molar-refractivity contribution in [3.63, 3.8) is 0 Å². The van der Waals surface area contributed by atoms with E-state index < -0.39 is 18.0 Å². The fraction of sp³-hybridized carbons (Fsp3) is 0.368. The van der Waals surface area contributed by atoms with Gasteiger partial charge in [0.2, 0.25) is 0 Å². The topological polar surface area (TPSA) is 63.6 Å². The molecule has 2 aromatic rings. The summed E-state index contributed by atoms with van der Waals surface area (Å²) in [5.41, 5.74) is 1.97. The lowest BCUT2D eigenvalue weighted by Crippen LogP contribution is -2.30. The Hall–Kier alpha value is -2.18. The normalized spacial score (nSPS) is 14.9. The fourth-order valence-electron chi connectivity index (χ4n) is 2.99. The number of nitrogens with one attached hydrogen (secondary N) is 1. The smallest absolute Gasteiger partial charge is 0.355 e. The number of anilines is 2. The van der Waals surface area contributed by atoms with Gasteiger partial charge < -0.3 is 19.5 Å². The molecule has 27 heavy (non-hydrogen) atoms. The molecule has 0 spiro atoms. The number of hydrogen-bond acceptors (Lipinski definition) is 4. The van der Waals surface area contributed by atoms with Gasteiger partial charge in [-0.05, 0) is 50.1 Å². The monoisotopic (exact) mass is 409 g/mol. The molecule has 3 rings (SSSR count). The van der Waals surface area contributed by atoms with Gasteiger partial charge in [-0.15, -0.1) is 0 Å². The zero-order valence-corrected chi connectivity index (χ0v) is 16.7. The lowest BCUT2D eigenvalue weighted by Gasteiger charge is -2.18. The van der Waals surface area contributed by atoms with Gasteiger partial charge in [0.25, 0.3) is 5.91 Å². The number of ether oxygens (including phenoxy) is 1. The predicted octanol–water partition coefficient (Wildman–Crippen LogP) is 4.12. The summed E-state index contributed by atoms with van der Waals surface area (Å²) in [5.74, 6) is -1.08. The van der Waals surface area contributed by atoms with Gasteiger partial charge in [0.15, 0.2) is 6.10 Å². The number of carbonyl (C=O) groups is 2. The van der Waals surface area contributed by atoms with Crippen LogP contribution in [0.2, 0.25) is 10.2 Å². The first kappa shape index (κ1) is 19.6. The minimum absolute atomic E-state index is 0.180. The highest BCUT2D eigenvalue weighted by atomic mass is 35.5. The molecule has 1 unspecified atom stereocenters. The van der Waals surface area contributed by atoms with E-state index in [1.54, 1.807) is 7.05 Å². The first-order chi connectivity index (χ1) is 12.9. The standard InChI is InChI=1S/C19H21Cl2N3O3/c1-12(27-19(26)16-11-15(20)17(21)23(16)2)18(25)22-13-5-7-14(8-6-13)24-9-3-4-10-24/h5-8,11-12H,3-4,9-10H2,1-2H3,(H,22,25). The molecule has 1 saturated heterocycles. The summed E-state index contributed by atoms with van der Waals surface area (Å²) in [6.45, 7) is 3.63. The van der Waals surface area contributed by atoms with Crippen molar-refractivity contribution in [2.75, 3.05) is 23.3 Å². The minimum atomic E-state index is -0.969. The molecule has 1 aliphatic rings. The van der Waals surface area contributed by atoms with E-state index in [4.69, 9.17) is 27.9 Å². The molecule has 1 aromatic carbocycles. The van der Waals surface area contributed by atoms with Crippen LogP contribution in [-0.4, -0.2) is 35.6 Å². The zero-order valence-electron chi connectivity index (χ0n) is 15.2. The van der Waals surface area contributed by atoms with Gasteiger partial charge in [0, 0.05) is 31.5 Å². The van der Waals surface area contributed by atoms with Gasteiger partial charge >= 0.3 is 5.97 Å². The van der Waals surface area contributed by atoms with E-state index in [1.165, 1.54) is 30.4 Å². The maximum Gasteiger partial charge on any atom is 0.355 e. The van der Waals surface area contributed by atoms with E-state index >= 15 is 0 Å². The predicted molar refractivity (Wildman–Crippen MR) is 107 cm³/mol.